The highest BCUT2D eigenvalue weighted by molar-refractivity contribution is 5.59. The summed E-state index contributed by atoms with van der Waals surface area (Å²) >= 11 is 0. The fourth-order valence-electron chi connectivity index (χ4n) is 1.48. The van der Waals surface area contributed by atoms with Crippen LogP contribution in [0.2, 0.25) is 0 Å². The molecule has 6 nitrogen and oxygen atoms in total. The molecule has 0 spiro atoms. The van der Waals surface area contributed by atoms with Crippen LogP contribution < -0.4 is 5.73 Å². The molecule has 0 aromatic carbocycles. The standard InChI is InChI=1S/C9H8N6/c10-8-2-5-15(13-8)9-7-1-3-12-14(7)6-4-11-9/h1-6H,(H2,10,13). The number of rotatable bonds is 1. The molecule has 0 bridgehead atoms. The smallest absolute Gasteiger partial charge is 0.179 e. The first-order chi connectivity index (χ1) is 7.34. The number of nitrogen functional groups attached to an aromatic ring is 1. The predicted molar refractivity (Wildman–Crippen MR) is 54.5 cm³/mol. The van der Waals surface area contributed by atoms with Crippen LogP contribution in [0.15, 0.2) is 36.9 Å². The first kappa shape index (κ1) is 7.98. The molecule has 0 aliphatic rings. The average Bonchev–Trinajstić information content (AvgIpc) is 2.84. The van der Waals surface area contributed by atoms with Gasteiger partial charge in [-0.05, 0) is 6.07 Å². The minimum atomic E-state index is 0.471. The third-order valence-electron chi connectivity index (χ3n) is 2.13. The number of anilines is 1. The topological polar surface area (TPSA) is 74.0 Å². The second-order valence-corrected chi connectivity index (χ2v) is 3.10. The van der Waals surface area contributed by atoms with Crippen molar-refractivity contribution in [1.82, 2.24) is 24.4 Å². The molecule has 3 heterocycles. The van der Waals surface area contributed by atoms with Crippen LogP contribution in [-0.4, -0.2) is 24.4 Å². The summed E-state index contributed by atoms with van der Waals surface area (Å²) in [6.45, 7) is 0. The second-order valence-electron chi connectivity index (χ2n) is 3.10. The van der Waals surface area contributed by atoms with Crippen molar-refractivity contribution in [1.29, 1.82) is 0 Å². The maximum absolute atomic E-state index is 5.55. The molecular weight excluding hydrogens is 192 g/mol. The Labute approximate surface area is 85.0 Å². The lowest BCUT2D eigenvalue weighted by molar-refractivity contribution is 0.836. The fraction of sp³-hybridized carbons (Fsp3) is 0. The summed E-state index contributed by atoms with van der Waals surface area (Å²) in [6.07, 6.45) is 6.94. The lowest BCUT2D eigenvalue weighted by Crippen LogP contribution is -2.02. The van der Waals surface area contributed by atoms with Gasteiger partial charge in [-0.25, -0.2) is 14.2 Å². The van der Waals surface area contributed by atoms with E-state index in [1.54, 1.807) is 40.1 Å². The highest BCUT2D eigenvalue weighted by Crippen LogP contribution is 2.12. The molecule has 3 aromatic rings. The Morgan fingerprint density at radius 1 is 1.13 bits per heavy atom. The van der Waals surface area contributed by atoms with Crippen LogP contribution in [0.1, 0.15) is 0 Å². The molecule has 74 valence electrons. The fourth-order valence-corrected chi connectivity index (χ4v) is 1.48. The van der Waals surface area contributed by atoms with Gasteiger partial charge in [-0.3, -0.25) is 0 Å². The van der Waals surface area contributed by atoms with Crippen molar-refractivity contribution >= 4 is 11.3 Å². The summed E-state index contributed by atoms with van der Waals surface area (Å²) in [4.78, 5) is 4.25. The average molecular weight is 200 g/mol. The SMILES string of the molecule is Nc1ccn(-c2nccn3nccc23)n1. The summed E-state index contributed by atoms with van der Waals surface area (Å²) in [5, 5.41) is 8.22. The number of aromatic nitrogens is 5. The number of nitrogens with two attached hydrogens (primary N) is 1. The summed E-state index contributed by atoms with van der Waals surface area (Å²) in [5.41, 5.74) is 6.44. The predicted octanol–water partition coefficient (Wildman–Crippen LogP) is 0.497. The van der Waals surface area contributed by atoms with E-state index >= 15 is 0 Å². The Bertz CT molecular complexity index is 608. The monoisotopic (exact) mass is 200 g/mol. The minimum absolute atomic E-state index is 0.471. The van der Waals surface area contributed by atoms with E-state index in [1.807, 2.05) is 6.07 Å². The van der Waals surface area contributed by atoms with Crippen LogP contribution in [-0.2, 0) is 0 Å². The lowest BCUT2D eigenvalue weighted by atomic mass is 10.5. The van der Waals surface area contributed by atoms with E-state index in [0.717, 1.165) is 5.52 Å². The Morgan fingerprint density at radius 3 is 2.87 bits per heavy atom. The zero-order chi connectivity index (χ0) is 10.3. The van der Waals surface area contributed by atoms with Gasteiger partial charge in [0.15, 0.2) is 5.82 Å². The van der Waals surface area contributed by atoms with Crippen molar-refractivity contribution in [2.75, 3.05) is 5.73 Å². The number of nitrogens with zero attached hydrogens (tertiary/aromatic N) is 5. The zero-order valence-electron chi connectivity index (χ0n) is 7.78. The summed E-state index contributed by atoms with van der Waals surface area (Å²) in [5.74, 6) is 1.19. The molecule has 0 saturated heterocycles. The molecular formula is C9H8N6. The molecule has 0 aliphatic heterocycles. The maximum atomic E-state index is 5.55. The van der Waals surface area contributed by atoms with E-state index in [0.29, 0.717) is 11.6 Å². The van der Waals surface area contributed by atoms with Gasteiger partial charge in [0, 0.05) is 24.7 Å². The highest BCUT2D eigenvalue weighted by atomic mass is 15.3. The molecule has 6 heteroatoms. The highest BCUT2D eigenvalue weighted by Gasteiger charge is 2.05. The molecule has 0 saturated carbocycles. The molecule has 0 radical (unpaired) electrons. The Balaban J connectivity index is 2.30. The summed E-state index contributed by atoms with van der Waals surface area (Å²) in [6, 6.07) is 3.60. The third-order valence-corrected chi connectivity index (χ3v) is 2.13. The van der Waals surface area contributed by atoms with Crippen LogP contribution in [0.4, 0.5) is 5.82 Å². The van der Waals surface area contributed by atoms with E-state index in [9.17, 15) is 0 Å². The molecule has 15 heavy (non-hydrogen) atoms. The van der Waals surface area contributed by atoms with Gasteiger partial charge in [-0.15, -0.1) is 5.10 Å². The molecule has 0 fully saturated rings. The Morgan fingerprint density at radius 2 is 2.07 bits per heavy atom. The van der Waals surface area contributed by atoms with Crippen molar-refractivity contribution < 1.29 is 0 Å². The van der Waals surface area contributed by atoms with E-state index in [4.69, 9.17) is 5.73 Å². The van der Waals surface area contributed by atoms with E-state index in [1.165, 1.54) is 0 Å². The molecule has 0 aliphatic carbocycles. The Kier molecular flexibility index (Phi) is 1.49. The van der Waals surface area contributed by atoms with Crippen LogP contribution in [0.25, 0.3) is 11.3 Å². The molecule has 0 unspecified atom stereocenters. The maximum Gasteiger partial charge on any atom is 0.179 e. The minimum Gasteiger partial charge on any atom is -0.382 e. The molecule has 0 amide bonds. The van der Waals surface area contributed by atoms with Crippen LogP contribution in [0.5, 0.6) is 0 Å². The molecule has 2 N–H and O–H groups in total. The third kappa shape index (κ3) is 1.15. The zero-order valence-corrected chi connectivity index (χ0v) is 7.78. The number of hydrogen-bond acceptors (Lipinski definition) is 4. The largest absolute Gasteiger partial charge is 0.382 e. The van der Waals surface area contributed by atoms with Gasteiger partial charge >= 0.3 is 0 Å². The van der Waals surface area contributed by atoms with Crippen LogP contribution in [0.3, 0.4) is 0 Å². The van der Waals surface area contributed by atoms with Crippen molar-refractivity contribution in [2.45, 2.75) is 0 Å². The van der Waals surface area contributed by atoms with E-state index < -0.39 is 0 Å². The Hall–Kier alpha value is -2.37. The van der Waals surface area contributed by atoms with Gasteiger partial charge in [-0.1, -0.05) is 0 Å². The second kappa shape index (κ2) is 2.81. The van der Waals surface area contributed by atoms with Gasteiger partial charge in [0.1, 0.15) is 11.3 Å². The molecule has 3 aromatic heterocycles. The molecule has 0 atom stereocenters. The van der Waals surface area contributed by atoms with Crippen molar-refractivity contribution in [3.63, 3.8) is 0 Å². The summed E-state index contributed by atoms with van der Waals surface area (Å²) in [7, 11) is 0. The quantitative estimate of drug-likeness (QED) is 0.620. The van der Waals surface area contributed by atoms with Gasteiger partial charge in [-0.2, -0.15) is 5.10 Å². The van der Waals surface area contributed by atoms with Crippen molar-refractivity contribution in [2.24, 2.45) is 0 Å². The van der Waals surface area contributed by atoms with Crippen LogP contribution >= 0.6 is 0 Å². The van der Waals surface area contributed by atoms with Crippen molar-refractivity contribution in [3.05, 3.63) is 36.9 Å². The normalized spacial score (nSPS) is 10.9. The van der Waals surface area contributed by atoms with Crippen LogP contribution in [0, 0.1) is 0 Å². The number of hydrogen-bond donors (Lipinski definition) is 1. The van der Waals surface area contributed by atoms with Gasteiger partial charge in [0.25, 0.3) is 0 Å². The molecule has 3 rings (SSSR count). The van der Waals surface area contributed by atoms with Gasteiger partial charge in [0.05, 0.1) is 6.20 Å². The first-order valence-corrected chi connectivity index (χ1v) is 4.44. The van der Waals surface area contributed by atoms with Crippen molar-refractivity contribution in [3.8, 4) is 5.82 Å². The lowest BCUT2D eigenvalue weighted by Gasteiger charge is -2.01. The van der Waals surface area contributed by atoms with Gasteiger partial charge < -0.3 is 5.73 Å². The van der Waals surface area contributed by atoms with E-state index in [2.05, 4.69) is 15.2 Å². The number of fused-ring (bicyclic) bond motifs is 1. The summed E-state index contributed by atoms with van der Waals surface area (Å²) < 4.78 is 3.37. The first-order valence-electron chi connectivity index (χ1n) is 4.44. The van der Waals surface area contributed by atoms with Gasteiger partial charge in [0.2, 0.25) is 0 Å². The van der Waals surface area contributed by atoms with E-state index in [-0.39, 0.29) is 0 Å².